The molecular formula is C15H17FN2OS. The van der Waals surface area contributed by atoms with E-state index in [2.05, 4.69) is 18.8 Å². The minimum atomic E-state index is -0.670. The van der Waals surface area contributed by atoms with Gasteiger partial charge < -0.3 is 15.0 Å². The number of ether oxygens (including phenoxy) is 1. The summed E-state index contributed by atoms with van der Waals surface area (Å²) in [5.41, 5.74) is 0.159. The number of halogens is 1. The van der Waals surface area contributed by atoms with Crippen molar-refractivity contribution in [2.75, 3.05) is 6.54 Å². The summed E-state index contributed by atoms with van der Waals surface area (Å²) in [5, 5.41) is 3.92. The number of rotatable bonds is 2. The van der Waals surface area contributed by atoms with Crippen molar-refractivity contribution < 1.29 is 9.13 Å². The molecule has 0 saturated carbocycles. The summed E-state index contributed by atoms with van der Waals surface area (Å²) in [6, 6.07) is 4.98. The normalized spacial score (nSPS) is 31.1. The number of hydrogen-bond donors (Lipinski definition) is 1. The van der Waals surface area contributed by atoms with Crippen LogP contribution in [-0.2, 0) is 0 Å². The fourth-order valence-corrected chi connectivity index (χ4v) is 3.45. The van der Waals surface area contributed by atoms with Crippen LogP contribution in [0.25, 0.3) is 0 Å². The molecule has 0 aromatic heterocycles. The molecule has 1 aromatic carbocycles. The van der Waals surface area contributed by atoms with E-state index in [4.69, 9.17) is 17.0 Å². The lowest BCUT2D eigenvalue weighted by Gasteiger charge is -2.55. The molecule has 0 radical (unpaired) electrons. The number of nitrogens with one attached hydrogen (secondary N) is 1. The fraction of sp³-hybridized carbons (Fsp3) is 0.400. The molecule has 0 aliphatic carbocycles. The monoisotopic (exact) mass is 292 g/mol. The lowest BCUT2D eigenvalue weighted by atomic mass is 9.81. The molecular weight excluding hydrogens is 275 g/mol. The van der Waals surface area contributed by atoms with E-state index in [0.717, 1.165) is 5.56 Å². The first kappa shape index (κ1) is 13.4. The second-order valence-electron chi connectivity index (χ2n) is 5.43. The van der Waals surface area contributed by atoms with E-state index in [0.29, 0.717) is 17.4 Å². The molecule has 1 fully saturated rings. The van der Waals surface area contributed by atoms with Gasteiger partial charge in [0.05, 0.1) is 6.04 Å². The second kappa shape index (κ2) is 4.45. The van der Waals surface area contributed by atoms with Crippen molar-refractivity contribution in [3.63, 3.8) is 0 Å². The third-order valence-corrected chi connectivity index (χ3v) is 4.70. The molecule has 106 valence electrons. The summed E-state index contributed by atoms with van der Waals surface area (Å²) in [4.78, 5) is 1.92. The Bertz CT molecular complexity index is 591. The zero-order valence-corrected chi connectivity index (χ0v) is 12.3. The predicted molar refractivity (Wildman–Crippen MR) is 80.0 cm³/mol. The number of para-hydroxylation sites is 1. The van der Waals surface area contributed by atoms with Crippen LogP contribution in [0.3, 0.4) is 0 Å². The predicted octanol–water partition coefficient (Wildman–Crippen LogP) is 2.99. The van der Waals surface area contributed by atoms with Gasteiger partial charge in [0.15, 0.2) is 22.4 Å². The summed E-state index contributed by atoms with van der Waals surface area (Å²) in [6.07, 6.45) is 1.77. The number of benzene rings is 1. The molecule has 3 rings (SSSR count). The highest BCUT2D eigenvalue weighted by Crippen LogP contribution is 2.48. The van der Waals surface area contributed by atoms with E-state index >= 15 is 0 Å². The Labute approximate surface area is 123 Å². The molecule has 3 nitrogen and oxygen atoms in total. The molecule has 3 unspecified atom stereocenters. The number of nitrogens with zero attached hydrogens (tertiary/aromatic N) is 1. The Balaban J connectivity index is 2.15. The summed E-state index contributed by atoms with van der Waals surface area (Å²) >= 11 is 5.43. The summed E-state index contributed by atoms with van der Waals surface area (Å²) in [7, 11) is 0. The quantitative estimate of drug-likeness (QED) is 0.669. The number of thiocarbonyl (C=S) groups is 1. The van der Waals surface area contributed by atoms with E-state index in [-0.39, 0.29) is 17.8 Å². The summed E-state index contributed by atoms with van der Waals surface area (Å²) in [6.45, 7) is 8.35. The lowest BCUT2D eigenvalue weighted by molar-refractivity contribution is -0.108. The molecule has 3 atom stereocenters. The highest BCUT2D eigenvalue weighted by molar-refractivity contribution is 7.80. The standard InChI is InChI=1S/C15H17FN2OS/c1-4-8-18-14(20)17-12-9(2)15(18,3)19-13-10(12)6-5-7-11(13)16/h4-7,9,12H,1,8H2,2-3H3,(H,17,20). The third kappa shape index (κ3) is 1.66. The first-order chi connectivity index (χ1) is 9.49. The molecule has 5 heteroatoms. The van der Waals surface area contributed by atoms with Crippen molar-refractivity contribution in [1.29, 1.82) is 0 Å². The van der Waals surface area contributed by atoms with Gasteiger partial charge in [-0.2, -0.15) is 0 Å². The molecule has 1 saturated heterocycles. The van der Waals surface area contributed by atoms with Gasteiger partial charge in [-0.15, -0.1) is 6.58 Å². The van der Waals surface area contributed by atoms with Crippen LogP contribution in [-0.4, -0.2) is 22.3 Å². The van der Waals surface area contributed by atoms with Gasteiger partial charge in [-0.3, -0.25) is 0 Å². The molecule has 1 aromatic rings. The topological polar surface area (TPSA) is 24.5 Å². The number of hydrogen-bond acceptors (Lipinski definition) is 2. The first-order valence-corrected chi connectivity index (χ1v) is 7.06. The summed E-state index contributed by atoms with van der Waals surface area (Å²) < 4.78 is 20.1. The Morgan fingerprint density at radius 1 is 1.60 bits per heavy atom. The van der Waals surface area contributed by atoms with E-state index < -0.39 is 5.72 Å². The molecule has 0 spiro atoms. The maximum atomic E-state index is 14.1. The molecule has 2 aliphatic rings. The maximum absolute atomic E-state index is 14.1. The smallest absolute Gasteiger partial charge is 0.187 e. The first-order valence-electron chi connectivity index (χ1n) is 6.65. The van der Waals surface area contributed by atoms with E-state index in [1.807, 2.05) is 17.9 Å². The Hall–Kier alpha value is -1.62. The highest BCUT2D eigenvalue weighted by atomic mass is 32.1. The summed E-state index contributed by atoms with van der Waals surface area (Å²) in [5.74, 6) is 0.115. The van der Waals surface area contributed by atoms with Crippen molar-refractivity contribution in [2.24, 2.45) is 5.92 Å². The zero-order valence-electron chi connectivity index (χ0n) is 11.5. The van der Waals surface area contributed by atoms with Crippen molar-refractivity contribution in [1.82, 2.24) is 10.2 Å². The van der Waals surface area contributed by atoms with E-state index in [9.17, 15) is 4.39 Å². The van der Waals surface area contributed by atoms with Crippen LogP contribution >= 0.6 is 12.2 Å². The van der Waals surface area contributed by atoms with Crippen molar-refractivity contribution in [3.8, 4) is 5.75 Å². The van der Waals surface area contributed by atoms with Crippen LogP contribution in [0.15, 0.2) is 30.9 Å². The van der Waals surface area contributed by atoms with Crippen LogP contribution in [0.5, 0.6) is 5.75 Å². The van der Waals surface area contributed by atoms with Gasteiger partial charge in [-0.1, -0.05) is 25.1 Å². The Kier molecular flexibility index (Phi) is 2.97. The number of fused-ring (bicyclic) bond motifs is 4. The minimum absolute atomic E-state index is 0.0342. The molecule has 20 heavy (non-hydrogen) atoms. The van der Waals surface area contributed by atoms with Crippen molar-refractivity contribution in [3.05, 3.63) is 42.2 Å². The van der Waals surface area contributed by atoms with E-state index in [1.165, 1.54) is 6.07 Å². The van der Waals surface area contributed by atoms with Gasteiger partial charge in [0.25, 0.3) is 0 Å². The van der Waals surface area contributed by atoms with Gasteiger partial charge in [0.1, 0.15) is 0 Å². The SMILES string of the molecule is C=CCN1C(=S)NC2c3cccc(F)c3OC1(C)C2C. The second-order valence-corrected chi connectivity index (χ2v) is 5.82. The Morgan fingerprint density at radius 3 is 3.05 bits per heavy atom. The average molecular weight is 292 g/mol. The van der Waals surface area contributed by atoms with Gasteiger partial charge in [0, 0.05) is 18.0 Å². The van der Waals surface area contributed by atoms with Gasteiger partial charge >= 0.3 is 0 Å². The fourth-order valence-electron chi connectivity index (χ4n) is 3.07. The van der Waals surface area contributed by atoms with Crippen molar-refractivity contribution >= 4 is 17.3 Å². The highest BCUT2D eigenvalue weighted by Gasteiger charge is 2.53. The lowest BCUT2D eigenvalue weighted by Crippen LogP contribution is -2.68. The van der Waals surface area contributed by atoms with Gasteiger partial charge in [-0.25, -0.2) is 4.39 Å². The third-order valence-electron chi connectivity index (χ3n) is 4.36. The van der Waals surface area contributed by atoms with Crippen molar-refractivity contribution in [2.45, 2.75) is 25.6 Å². The largest absolute Gasteiger partial charge is 0.464 e. The van der Waals surface area contributed by atoms with Crippen LogP contribution in [0, 0.1) is 11.7 Å². The molecule has 2 heterocycles. The molecule has 2 bridgehead atoms. The van der Waals surface area contributed by atoms with Crippen LogP contribution in [0.4, 0.5) is 4.39 Å². The van der Waals surface area contributed by atoms with Crippen LogP contribution in [0.2, 0.25) is 0 Å². The maximum Gasteiger partial charge on any atom is 0.187 e. The minimum Gasteiger partial charge on any atom is -0.464 e. The molecule has 0 amide bonds. The Morgan fingerprint density at radius 2 is 2.35 bits per heavy atom. The van der Waals surface area contributed by atoms with E-state index in [1.54, 1.807) is 12.1 Å². The molecule has 1 N–H and O–H groups in total. The van der Waals surface area contributed by atoms with Crippen LogP contribution in [0.1, 0.15) is 25.5 Å². The van der Waals surface area contributed by atoms with Gasteiger partial charge in [0.2, 0.25) is 0 Å². The average Bonchev–Trinajstić information content (AvgIpc) is 2.41. The molecule has 2 aliphatic heterocycles. The van der Waals surface area contributed by atoms with Crippen LogP contribution < -0.4 is 10.1 Å². The zero-order chi connectivity index (χ0) is 14.5. The van der Waals surface area contributed by atoms with Gasteiger partial charge in [-0.05, 0) is 25.2 Å².